The molecule has 1 aliphatic carbocycles. The third kappa shape index (κ3) is 2.76. The van der Waals surface area contributed by atoms with Crippen molar-refractivity contribution in [3.8, 4) is 0 Å². The van der Waals surface area contributed by atoms with Gasteiger partial charge in [0.25, 0.3) is 0 Å². The molecule has 0 aliphatic heterocycles. The van der Waals surface area contributed by atoms with Crippen molar-refractivity contribution >= 4 is 35.5 Å². The van der Waals surface area contributed by atoms with Gasteiger partial charge in [0.15, 0.2) is 0 Å². The molecule has 124 valence electrons. The molecule has 24 heavy (non-hydrogen) atoms. The van der Waals surface area contributed by atoms with Crippen LogP contribution in [0.2, 0.25) is 0 Å². The molecular weight excluding hydrogens is 316 g/mol. The van der Waals surface area contributed by atoms with Crippen molar-refractivity contribution in [1.29, 1.82) is 0 Å². The Labute approximate surface area is 149 Å². The van der Waals surface area contributed by atoms with E-state index in [1.165, 1.54) is 46.1 Å². The lowest BCUT2D eigenvalue weighted by molar-refractivity contribution is 0.744. The highest BCUT2D eigenvalue weighted by Gasteiger charge is 2.29. The van der Waals surface area contributed by atoms with Gasteiger partial charge in [-0.3, -0.25) is 4.98 Å². The van der Waals surface area contributed by atoms with Gasteiger partial charge in [-0.25, -0.2) is 0 Å². The van der Waals surface area contributed by atoms with E-state index >= 15 is 0 Å². The average molecular weight is 339 g/mol. The van der Waals surface area contributed by atoms with Gasteiger partial charge in [0.05, 0.1) is 11.2 Å². The summed E-state index contributed by atoms with van der Waals surface area (Å²) in [5.74, 6) is 0. The second kappa shape index (κ2) is 6.45. The molecule has 1 aliphatic rings. The van der Waals surface area contributed by atoms with Gasteiger partial charge < -0.3 is 4.57 Å². The van der Waals surface area contributed by atoms with Crippen LogP contribution in [-0.2, 0) is 0 Å². The maximum absolute atomic E-state index is 4.74. The molecule has 3 heteroatoms. The first kappa shape index (κ1) is 16.8. The van der Waals surface area contributed by atoms with Crippen molar-refractivity contribution < 1.29 is 0 Å². The van der Waals surface area contributed by atoms with Gasteiger partial charge in [0.2, 0.25) is 0 Å². The van der Waals surface area contributed by atoms with E-state index in [4.69, 9.17) is 4.98 Å². The van der Waals surface area contributed by atoms with Crippen molar-refractivity contribution in [2.75, 3.05) is 0 Å². The SMILES string of the molecule is Cc1cnc(C=Cc2ccccc2)c2c1c(C)c(C)n2C1CC1.Cl. The first-order valence-corrected chi connectivity index (χ1v) is 8.36. The molecule has 0 bridgehead atoms. The fraction of sp³-hybridized carbons (Fsp3) is 0.286. The van der Waals surface area contributed by atoms with E-state index in [0.29, 0.717) is 6.04 Å². The number of pyridine rings is 1. The second-order valence-electron chi connectivity index (χ2n) is 6.61. The predicted molar refractivity (Wildman–Crippen MR) is 105 cm³/mol. The summed E-state index contributed by atoms with van der Waals surface area (Å²) >= 11 is 0. The Morgan fingerprint density at radius 1 is 1.04 bits per heavy atom. The minimum absolute atomic E-state index is 0. The summed E-state index contributed by atoms with van der Waals surface area (Å²) in [6, 6.07) is 11.1. The standard InChI is InChI=1S/C21H22N2.ClH/c1-14-13-22-19(12-9-17-7-5-4-6-8-17)21-20(14)15(2)16(3)23(21)18-10-11-18;/h4-9,12-13,18H,10-11H2,1-3H3;1H. The molecule has 0 amide bonds. The van der Waals surface area contributed by atoms with Crippen LogP contribution in [-0.4, -0.2) is 9.55 Å². The summed E-state index contributed by atoms with van der Waals surface area (Å²) in [6.07, 6.45) is 8.91. The summed E-state index contributed by atoms with van der Waals surface area (Å²) in [6.45, 7) is 6.66. The van der Waals surface area contributed by atoms with E-state index in [0.717, 1.165) is 5.69 Å². The van der Waals surface area contributed by atoms with Crippen molar-refractivity contribution in [1.82, 2.24) is 9.55 Å². The number of aromatic nitrogens is 2. The number of rotatable bonds is 3. The summed E-state index contributed by atoms with van der Waals surface area (Å²) in [4.78, 5) is 4.74. The van der Waals surface area contributed by atoms with Crippen LogP contribution >= 0.6 is 12.4 Å². The second-order valence-corrected chi connectivity index (χ2v) is 6.61. The largest absolute Gasteiger partial charge is 0.340 e. The molecule has 3 aromatic rings. The Kier molecular flexibility index (Phi) is 4.51. The topological polar surface area (TPSA) is 17.8 Å². The van der Waals surface area contributed by atoms with E-state index in [1.807, 2.05) is 12.3 Å². The molecule has 0 radical (unpaired) electrons. The van der Waals surface area contributed by atoms with Crippen LogP contribution < -0.4 is 0 Å². The molecule has 2 aromatic heterocycles. The Morgan fingerprint density at radius 3 is 2.42 bits per heavy atom. The fourth-order valence-electron chi connectivity index (χ4n) is 3.50. The molecular formula is C21H23ClN2. The molecule has 0 saturated heterocycles. The molecule has 0 spiro atoms. The van der Waals surface area contributed by atoms with Crippen LogP contribution in [0.15, 0.2) is 36.5 Å². The maximum atomic E-state index is 4.74. The molecule has 2 nitrogen and oxygen atoms in total. The molecule has 1 aromatic carbocycles. The van der Waals surface area contributed by atoms with Crippen molar-refractivity contribution in [3.63, 3.8) is 0 Å². The zero-order valence-corrected chi connectivity index (χ0v) is 15.2. The minimum Gasteiger partial charge on any atom is -0.340 e. The zero-order valence-electron chi connectivity index (χ0n) is 14.4. The van der Waals surface area contributed by atoms with Gasteiger partial charge >= 0.3 is 0 Å². The Balaban J connectivity index is 0.00000169. The zero-order chi connectivity index (χ0) is 16.0. The Morgan fingerprint density at radius 2 is 1.75 bits per heavy atom. The number of nitrogens with zero attached hydrogens (tertiary/aromatic N) is 2. The number of hydrogen-bond acceptors (Lipinski definition) is 1. The van der Waals surface area contributed by atoms with E-state index < -0.39 is 0 Å². The van der Waals surface area contributed by atoms with Crippen LogP contribution in [0.5, 0.6) is 0 Å². The maximum Gasteiger partial charge on any atom is 0.0873 e. The molecule has 0 unspecified atom stereocenters. The first-order chi connectivity index (χ1) is 11.2. The molecule has 2 heterocycles. The Bertz CT molecular complexity index is 903. The smallest absolute Gasteiger partial charge is 0.0873 e. The van der Waals surface area contributed by atoms with Gasteiger partial charge in [-0.05, 0) is 56.4 Å². The van der Waals surface area contributed by atoms with E-state index in [2.05, 4.69) is 61.8 Å². The van der Waals surface area contributed by atoms with E-state index in [9.17, 15) is 0 Å². The summed E-state index contributed by atoms with van der Waals surface area (Å²) in [5, 5.41) is 1.39. The van der Waals surface area contributed by atoms with Crippen LogP contribution in [0.3, 0.4) is 0 Å². The highest BCUT2D eigenvalue weighted by Crippen LogP contribution is 2.42. The minimum atomic E-state index is 0. The molecule has 4 rings (SSSR count). The van der Waals surface area contributed by atoms with E-state index in [-0.39, 0.29) is 12.4 Å². The van der Waals surface area contributed by atoms with Crippen molar-refractivity contribution in [3.05, 3.63) is 64.6 Å². The van der Waals surface area contributed by atoms with Gasteiger partial charge in [-0.1, -0.05) is 36.4 Å². The van der Waals surface area contributed by atoms with Gasteiger partial charge in [0, 0.05) is 23.3 Å². The predicted octanol–water partition coefficient (Wildman–Crippen LogP) is 5.89. The molecule has 1 fully saturated rings. The number of benzene rings is 1. The highest BCUT2D eigenvalue weighted by atomic mass is 35.5. The van der Waals surface area contributed by atoms with Crippen LogP contribution in [0.25, 0.3) is 23.1 Å². The lowest BCUT2D eigenvalue weighted by Gasteiger charge is -2.09. The number of fused-ring (bicyclic) bond motifs is 1. The number of halogens is 1. The van der Waals surface area contributed by atoms with Gasteiger partial charge in [0.1, 0.15) is 0 Å². The highest BCUT2D eigenvalue weighted by molar-refractivity contribution is 5.94. The third-order valence-electron chi connectivity index (χ3n) is 4.94. The molecule has 0 N–H and O–H groups in total. The van der Waals surface area contributed by atoms with Crippen molar-refractivity contribution in [2.24, 2.45) is 0 Å². The average Bonchev–Trinajstić information content (AvgIpc) is 3.36. The number of aryl methyl sites for hydroxylation is 2. The fourth-order valence-corrected chi connectivity index (χ4v) is 3.50. The van der Waals surface area contributed by atoms with Gasteiger partial charge in [-0.15, -0.1) is 12.4 Å². The van der Waals surface area contributed by atoms with Crippen LogP contribution in [0, 0.1) is 20.8 Å². The lowest BCUT2D eigenvalue weighted by Crippen LogP contribution is -1.99. The van der Waals surface area contributed by atoms with Crippen molar-refractivity contribution in [2.45, 2.75) is 39.7 Å². The first-order valence-electron chi connectivity index (χ1n) is 8.36. The quantitative estimate of drug-likeness (QED) is 0.582. The molecule has 0 atom stereocenters. The summed E-state index contributed by atoms with van der Waals surface area (Å²) < 4.78 is 2.52. The van der Waals surface area contributed by atoms with Gasteiger partial charge in [-0.2, -0.15) is 0 Å². The molecule has 1 saturated carbocycles. The lowest BCUT2D eigenvalue weighted by atomic mass is 10.1. The summed E-state index contributed by atoms with van der Waals surface area (Å²) in [5.41, 5.74) is 7.68. The Hall–Kier alpha value is -2.06. The van der Waals surface area contributed by atoms with Crippen LogP contribution in [0.1, 0.15) is 47.0 Å². The number of hydrogen-bond donors (Lipinski definition) is 0. The normalized spacial score (nSPS) is 14.3. The van der Waals surface area contributed by atoms with E-state index in [1.54, 1.807) is 0 Å². The van der Waals surface area contributed by atoms with Crippen LogP contribution in [0.4, 0.5) is 0 Å². The summed E-state index contributed by atoms with van der Waals surface area (Å²) in [7, 11) is 0. The monoisotopic (exact) mass is 338 g/mol. The third-order valence-corrected chi connectivity index (χ3v) is 4.94.